The Balaban J connectivity index is 1.96. The summed E-state index contributed by atoms with van der Waals surface area (Å²) in [4.78, 5) is 12.7. The minimum Gasteiger partial charge on any atom is -0.367 e. The number of anilines is 1. The molecule has 1 aromatic rings. The number of nitrogens with one attached hydrogen (secondary N) is 1. The van der Waals surface area contributed by atoms with Gasteiger partial charge in [-0.3, -0.25) is 10.1 Å². The Morgan fingerprint density at radius 2 is 2.32 bits per heavy atom. The summed E-state index contributed by atoms with van der Waals surface area (Å²) in [6, 6.07) is 7.18. The maximum Gasteiger partial charge on any atom is 0.289 e. The van der Waals surface area contributed by atoms with Crippen molar-refractivity contribution in [2.75, 3.05) is 24.5 Å². The number of fused-ring (bicyclic) bond motifs is 1. The van der Waals surface area contributed by atoms with Crippen molar-refractivity contribution in [2.24, 2.45) is 5.92 Å². The first-order valence-electron chi connectivity index (χ1n) is 6.36. The molecule has 2 saturated heterocycles. The van der Waals surface area contributed by atoms with E-state index < -0.39 is 4.92 Å². The van der Waals surface area contributed by atoms with E-state index in [1.54, 1.807) is 6.07 Å². The van der Waals surface area contributed by atoms with E-state index in [0.29, 0.717) is 12.0 Å². The van der Waals surface area contributed by atoms with Gasteiger partial charge in [0.25, 0.3) is 5.69 Å². The molecule has 2 heterocycles. The fourth-order valence-corrected chi connectivity index (χ4v) is 3.11. The van der Waals surface area contributed by atoms with Crippen LogP contribution >= 0.6 is 0 Å². The summed E-state index contributed by atoms with van der Waals surface area (Å²) in [6.45, 7) is 2.89. The Morgan fingerprint density at radius 3 is 3.05 bits per heavy atom. The van der Waals surface area contributed by atoms with E-state index in [1.165, 1.54) is 6.07 Å². The lowest BCUT2D eigenvalue weighted by molar-refractivity contribution is -0.385. The second kappa shape index (κ2) is 4.52. The van der Waals surface area contributed by atoms with Crippen molar-refractivity contribution in [1.29, 1.82) is 5.26 Å². The Bertz CT molecular complexity index is 566. The van der Waals surface area contributed by atoms with Crippen molar-refractivity contribution < 1.29 is 4.92 Å². The molecule has 19 heavy (non-hydrogen) atoms. The molecule has 3 rings (SSSR count). The number of nitro benzene ring substituents is 1. The monoisotopic (exact) mass is 258 g/mol. The van der Waals surface area contributed by atoms with Gasteiger partial charge in [0.05, 0.1) is 4.92 Å². The van der Waals surface area contributed by atoms with Gasteiger partial charge in [0.15, 0.2) is 0 Å². The minimum atomic E-state index is -0.484. The van der Waals surface area contributed by atoms with Crippen LogP contribution < -0.4 is 10.2 Å². The zero-order valence-electron chi connectivity index (χ0n) is 10.4. The van der Waals surface area contributed by atoms with Gasteiger partial charge in [0.1, 0.15) is 11.6 Å². The van der Waals surface area contributed by atoms with Crippen LogP contribution in [0, 0.1) is 27.4 Å². The molecule has 0 aromatic heterocycles. The number of nitriles is 1. The van der Waals surface area contributed by atoms with Gasteiger partial charge < -0.3 is 10.2 Å². The van der Waals surface area contributed by atoms with Gasteiger partial charge in [-0.2, -0.15) is 5.26 Å². The van der Waals surface area contributed by atoms with E-state index in [9.17, 15) is 10.1 Å². The van der Waals surface area contributed by atoms with Gasteiger partial charge in [-0.25, -0.2) is 0 Å². The zero-order chi connectivity index (χ0) is 13.4. The van der Waals surface area contributed by atoms with E-state index >= 15 is 0 Å². The number of nitro groups is 1. The lowest BCUT2D eigenvalue weighted by Crippen LogP contribution is -2.34. The quantitative estimate of drug-likeness (QED) is 0.638. The molecule has 0 amide bonds. The van der Waals surface area contributed by atoms with E-state index in [0.717, 1.165) is 31.7 Å². The van der Waals surface area contributed by atoms with Crippen molar-refractivity contribution in [3.63, 3.8) is 0 Å². The fraction of sp³-hybridized carbons (Fsp3) is 0.462. The number of benzene rings is 1. The summed E-state index contributed by atoms with van der Waals surface area (Å²) < 4.78 is 0. The van der Waals surface area contributed by atoms with Crippen molar-refractivity contribution in [1.82, 2.24) is 5.32 Å². The average Bonchev–Trinajstić information content (AvgIpc) is 3.00. The van der Waals surface area contributed by atoms with Crippen LogP contribution in [0.25, 0.3) is 0 Å². The fourth-order valence-electron chi connectivity index (χ4n) is 3.11. The molecule has 2 fully saturated rings. The maximum atomic E-state index is 11.0. The molecule has 1 aromatic carbocycles. The molecule has 98 valence electrons. The highest BCUT2D eigenvalue weighted by Gasteiger charge is 2.38. The van der Waals surface area contributed by atoms with Gasteiger partial charge in [-0.15, -0.1) is 0 Å². The van der Waals surface area contributed by atoms with Crippen molar-refractivity contribution in [2.45, 2.75) is 12.5 Å². The molecule has 0 spiro atoms. The molecule has 0 saturated carbocycles. The number of hydrogen-bond donors (Lipinski definition) is 1. The summed E-state index contributed by atoms with van der Waals surface area (Å²) in [5, 5.41) is 23.3. The Morgan fingerprint density at radius 1 is 1.47 bits per heavy atom. The highest BCUT2D eigenvalue weighted by Crippen LogP contribution is 2.34. The molecule has 2 aliphatic heterocycles. The Kier molecular flexibility index (Phi) is 2.84. The third-order valence-corrected chi connectivity index (χ3v) is 4.08. The van der Waals surface area contributed by atoms with E-state index in [-0.39, 0.29) is 11.3 Å². The van der Waals surface area contributed by atoms with Crippen LogP contribution in [0.15, 0.2) is 18.2 Å². The third-order valence-electron chi connectivity index (χ3n) is 4.08. The SMILES string of the molecule is N#Cc1ccc(N2CC[C@H]3CNC[C@H]32)cc1[N+](=O)[O-]. The van der Waals surface area contributed by atoms with Gasteiger partial charge in [0, 0.05) is 37.4 Å². The normalized spacial score (nSPS) is 25.1. The molecule has 2 aliphatic rings. The summed E-state index contributed by atoms with van der Waals surface area (Å²) in [5.74, 6) is 0.634. The molecule has 0 aliphatic carbocycles. The van der Waals surface area contributed by atoms with Crippen molar-refractivity contribution in [3.8, 4) is 6.07 Å². The largest absolute Gasteiger partial charge is 0.367 e. The summed E-state index contributed by atoms with van der Waals surface area (Å²) in [6.07, 6.45) is 1.12. The summed E-state index contributed by atoms with van der Waals surface area (Å²) in [7, 11) is 0. The summed E-state index contributed by atoms with van der Waals surface area (Å²) in [5.41, 5.74) is 0.866. The Labute approximate surface area is 110 Å². The predicted octanol–water partition coefficient (Wildman–Crippen LogP) is 1.26. The first-order valence-corrected chi connectivity index (χ1v) is 6.36. The molecule has 0 unspecified atom stereocenters. The highest BCUT2D eigenvalue weighted by molar-refractivity contribution is 5.61. The van der Waals surface area contributed by atoms with Crippen LogP contribution in [0.1, 0.15) is 12.0 Å². The predicted molar refractivity (Wildman–Crippen MR) is 69.9 cm³/mol. The molecule has 1 N–H and O–H groups in total. The van der Waals surface area contributed by atoms with Crippen LogP contribution in [0.5, 0.6) is 0 Å². The molecule has 0 bridgehead atoms. The second-order valence-corrected chi connectivity index (χ2v) is 5.04. The Hall–Kier alpha value is -2.13. The number of rotatable bonds is 2. The van der Waals surface area contributed by atoms with Crippen LogP contribution in [0.2, 0.25) is 0 Å². The maximum absolute atomic E-state index is 11.0. The molecule has 6 nitrogen and oxygen atoms in total. The van der Waals surface area contributed by atoms with Crippen LogP contribution in [0.3, 0.4) is 0 Å². The van der Waals surface area contributed by atoms with Crippen LogP contribution in [0.4, 0.5) is 11.4 Å². The van der Waals surface area contributed by atoms with Crippen LogP contribution in [-0.2, 0) is 0 Å². The molecule has 2 atom stereocenters. The first-order chi connectivity index (χ1) is 9.20. The highest BCUT2D eigenvalue weighted by atomic mass is 16.6. The number of hydrogen-bond acceptors (Lipinski definition) is 5. The van der Waals surface area contributed by atoms with Gasteiger partial charge in [-0.1, -0.05) is 0 Å². The van der Waals surface area contributed by atoms with Gasteiger partial charge in [0.2, 0.25) is 0 Å². The topological polar surface area (TPSA) is 82.2 Å². The lowest BCUT2D eigenvalue weighted by Gasteiger charge is -2.25. The molecule has 0 radical (unpaired) electrons. The molecule has 6 heteroatoms. The second-order valence-electron chi connectivity index (χ2n) is 5.04. The smallest absolute Gasteiger partial charge is 0.289 e. The van der Waals surface area contributed by atoms with Crippen molar-refractivity contribution >= 4 is 11.4 Å². The van der Waals surface area contributed by atoms with Crippen LogP contribution in [-0.4, -0.2) is 30.6 Å². The molecular weight excluding hydrogens is 244 g/mol. The summed E-state index contributed by atoms with van der Waals surface area (Å²) >= 11 is 0. The minimum absolute atomic E-state index is 0.102. The van der Waals surface area contributed by atoms with Gasteiger partial charge in [-0.05, 0) is 24.5 Å². The molecular formula is C13H14N4O2. The first kappa shape index (κ1) is 11.9. The van der Waals surface area contributed by atoms with E-state index in [1.807, 2.05) is 12.1 Å². The van der Waals surface area contributed by atoms with E-state index in [4.69, 9.17) is 5.26 Å². The average molecular weight is 258 g/mol. The third kappa shape index (κ3) is 1.92. The number of nitrogens with zero attached hydrogens (tertiary/aromatic N) is 3. The zero-order valence-corrected chi connectivity index (χ0v) is 10.4. The van der Waals surface area contributed by atoms with Gasteiger partial charge >= 0.3 is 0 Å². The van der Waals surface area contributed by atoms with E-state index in [2.05, 4.69) is 10.2 Å². The van der Waals surface area contributed by atoms with Crippen molar-refractivity contribution in [3.05, 3.63) is 33.9 Å². The standard InChI is InChI=1S/C13H14N4O2/c14-6-9-1-2-11(5-12(9)17(18)19)16-4-3-10-7-15-8-13(10)16/h1-2,5,10,13,15H,3-4,7-8H2/t10-,13+/m0/s1. The lowest BCUT2D eigenvalue weighted by atomic mass is 10.0.